The van der Waals surface area contributed by atoms with E-state index in [4.69, 9.17) is 18.9 Å². The SMILES string of the molecule is CCCCC/C=C/C/C=C/C/C=C/C/C=C/CCCCCC(=O)O[C@H](COC(=O)CCCCCCCCCCCCCCCCCC)CO[C@H]1O[C@H](CS(=O)(=O)O)[C@@H](O)C(O)C1O. The van der Waals surface area contributed by atoms with Gasteiger partial charge in [0, 0.05) is 12.8 Å². The number of carbonyl (C=O) groups is 2. The summed E-state index contributed by atoms with van der Waals surface area (Å²) in [6.07, 6.45) is 38.6. The summed E-state index contributed by atoms with van der Waals surface area (Å²) in [6.45, 7) is 3.72. The van der Waals surface area contributed by atoms with E-state index in [9.17, 15) is 37.9 Å². The van der Waals surface area contributed by atoms with Crippen LogP contribution in [-0.4, -0.2) is 96.0 Å². The van der Waals surface area contributed by atoms with E-state index in [-0.39, 0.29) is 19.4 Å². The molecule has 0 bridgehead atoms. The van der Waals surface area contributed by atoms with Gasteiger partial charge in [-0.2, -0.15) is 8.42 Å². The van der Waals surface area contributed by atoms with Crippen molar-refractivity contribution in [1.29, 1.82) is 0 Å². The second-order valence-corrected chi connectivity index (χ2v) is 18.6. The van der Waals surface area contributed by atoms with Crippen LogP contribution in [-0.2, 0) is 38.7 Å². The van der Waals surface area contributed by atoms with Crippen LogP contribution in [0.5, 0.6) is 0 Å². The van der Waals surface area contributed by atoms with Gasteiger partial charge in [-0.25, -0.2) is 0 Å². The third-order valence-corrected chi connectivity index (χ3v) is 11.9. The summed E-state index contributed by atoms with van der Waals surface area (Å²) >= 11 is 0. The molecule has 2 unspecified atom stereocenters. The Morgan fingerprint density at radius 1 is 0.540 bits per heavy atom. The average Bonchev–Trinajstić information content (AvgIpc) is 3.25. The smallest absolute Gasteiger partial charge is 0.306 e. The van der Waals surface area contributed by atoms with Crippen LogP contribution < -0.4 is 0 Å². The van der Waals surface area contributed by atoms with Gasteiger partial charge in [0.2, 0.25) is 0 Å². The molecule has 0 aromatic heterocycles. The van der Waals surface area contributed by atoms with Crippen molar-refractivity contribution in [2.75, 3.05) is 19.0 Å². The lowest BCUT2D eigenvalue weighted by atomic mass is 10.00. The van der Waals surface area contributed by atoms with E-state index >= 15 is 0 Å². The van der Waals surface area contributed by atoms with Crippen molar-refractivity contribution in [2.45, 2.75) is 237 Å². The van der Waals surface area contributed by atoms with E-state index in [1.165, 1.54) is 96.3 Å². The molecule has 12 nitrogen and oxygen atoms in total. The summed E-state index contributed by atoms with van der Waals surface area (Å²) in [5, 5.41) is 30.9. The van der Waals surface area contributed by atoms with Crippen LogP contribution >= 0.6 is 0 Å². The van der Waals surface area contributed by atoms with Gasteiger partial charge in [0.25, 0.3) is 10.1 Å². The zero-order valence-corrected chi connectivity index (χ0v) is 40.0. The second-order valence-electron chi connectivity index (χ2n) is 17.1. The number of aliphatic hydroxyl groups excluding tert-OH is 3. The third kappa shape index (κ3) is 34.6. The van der Waals surface area contributed by atoms with Crippen LogP contribution in [0.25, 0.3) is 0 Å². The second kappa shape index (κ2) is 39.9. The van der Waals surface area contributed by atoms with Crippen molar-refractivity contribution >= 4 is 22.1 Å². The Morgan fingerprint density at radius 3 is 1.44 bits per heavy atom. The molecule has 0 aromatic rings. The number of carbonyl (C=O) groups excluding carboxylic acids is 2. The number of esters is 2. The van der Waals surface area contributed by atoms with Crippen LogP contribution in [0.4, 0.5) is 0 Å². The molecule has 63 heavy (non-hydrogen) atoms. The molecule has 0 saturated carbocycles. The van der Waals surface area contributed by atoms with E-state index in [0.29, 0.717) is 12.8 Å². The Kier molecular flexibility index (Phi) is 37.2. The van der Waals surface area contributed by atoms with Crippen LogP contribution in [0.3, 0.4) is 0 Å². The largest absolute Gasteiger partial charge is 0.462 e. The normalized spacial score (nSPS) is 20.1. The summed E-state index contributed by atoms with van der Waals surface area (Å²) in [7, 11) is -4.61. The highest BCUT2D eigenvalue weighted by Gasteiger charge is 2.46. The molecule has 0 spiro atoms. The summed E-state index contributed by atoms with van der Waals surface area (Å²) in [5.74, 6) is -2.02. The molecule has 6 atom stereocenters. The quantitative estimate of drug-likeness (QED) is 0.0197. The zero-order chi connectivity index (χ0) is 46.2. The molecule has 1 saturated heterocycles. The van der Waals surface area contributed by atoms with Crippen molar-refractivity contribution < 1.29 is 56.8 Å². The molecule has 0 aromatic carbocycles. The third-order valence-electron chi connectivity index (χ3n) is 11.2. The van der Waals surface area contributed by atoms with Crippen molar-refractivity contribution in [3.8, 4) is 0 Å². The fourth-order valence-corrected chi connectivity index (χ4v) is 8.00. The van der Waals surface area contributed by atoms with E-state index in [0.717, 1.165) is 64.2 Å². The van der Waals surface area contributed by atoms with Crippen LogP contribution in [0, 0.1) is 0 Å². The summed E-state index contributed by atoms with van der Waals surface area (Å²) in [4.78, 5) is 25.5. The summed E-state index contributed by atoms with van der Waals surface area (Å²) in [5.41, 5.74) is 0. The van der Waals surface area contributed by atoms with Crippen molar-refractivity contribution in [1.82, 2.24) is 0 Å². The number of allylic oxidation sites excluding steroid dienone is 8. The molecule has 13 heteroatoms. The van der Waals surface area contributed by atoms with Crippen LogP contribution in [0.15, 0.2) is 48.6 Å². The monoisotopic (exact) mass is 913 g/mol. The lowest BCUT2D eigenvalue weighted by molar-refractivity contribution is -0.297. The number of ether oxygens (including phenoxy) is 4. The highest BCUT2D eigenvalue weighted by atomic mass is 32.2. The first kappa shape index (κ1) is 58.6. The Hall–Kier alpha value is -2.39. The molecule has 1 aliphatic heterocycles. The predicted molar refractivity (Wildman–Crippen MR) is 252 cm³/mol. The van der Waals surface area contributed by atoms with E-state index in [1.807, 2.05) is 0 Å². The first-order valence-electron chi connectivity index (χ1n) is 24.7. The fraction of sp³-hybridized carbons (Fsp3) is 0.800. The number of hydrogen-bond acceptors (Lipinski definition) is 11. The highest BCUT2D eigenvalue weighted by molar-refractivity contribution is 7.85. The number of rotatable bonds is 41. The Morgan fingerprint density at radius 2 is 0.952 bits per heavy atom. The molecular weight excluding hydrogens is 825 g/mol. The summed E-state index contributed by atoms with van der Waals surface area (Å²) in [6, 6.07) is 0. The van der Waals surface area contributed by atoms with Crippen molar-refractivity contribution in [2.24, 2.45) is 0 Å². The Labute approximate surface area is 382 Å². The standard InChI is InChI=1S/C50H88O12S/c1-3-5-7-9-11-13-15-17-19-21-22-23-25-27-29-31-33-35-37-39-46(52)61-43(41-60-50-49(55)48(54)47(53)44(62-50)42-63(56,57)58)40-59-45(51)38-36-34-32-30-28-26-24-20-18-16-14-12-10-8-6-4-2/h11,13,17,19,22-23,27,29,43-44,47-50,53-55H,3-10,12,14-16,18,20-21,24-26,28,30-42H2,1-2H3,(H,56,57,58)/b13-11+,19-17+,23-22+,29-27+/t43-,44-,47-,48?,49?,50+/m1/s1. The maximum atomic E-state index is 12.8. The van der Waals surface area contributed by atoms with Crippen molar-refractivity contribution in [3.63, 3.8) is 0 Å². The van der Waals surface area contributed by atoms with Crippen LogP contribution in [0.2, 0.25) is 0 Å². The molecule has 1 heterocycles. The minimum atomic E-state index is -4.61. The first-order chi connectivity index (χ1) is 30.5. The molecular formula is C50H88O12S. The molecule has 1 aliphatic rings. The molecule has 1 rings (SSSR count). The predicted octanol–water partition coefficient (Wildman–Crippen LogP) is 10.7. The number of aliphatic hydroxyl groups is 3. The van der Waals surface area contributed by atoms with Gasteiger partial charge in [-0.15, -0.1) is 0 Å². The molecule has 4 N–H and O–H groups in total. The fourth-order valence-electron chi connectivity index (χ4n) is 7.31. The van der Waals surface area contributed by atoms with Gasteiger partial charge in [0.15, 0.2) is 12.4 Å². The van der Waals surface area contributed by atoms with Gasteiger partial charge in [-0.3, -0.25) is 14.1 Å². The van der Waals surface area contributed by atoms with E-state index < -0.39 is 71.2 Å². The van der Waals surface area contributed by atoms with Crippen molar-refractivity contribution in [3.05, 3.63) is 48.6 Å². The zero-order valence-electron chi connectivity index (χ0n) is 39.2. The van der Waals surface area contributed by atoms with Gasteiger partial charge in [-0.05, 0) is 57.8 Å². The van der Waals surface area contributed by atoms with Gasteiger partial charge >= 0.3 is 11.9 Å². The Balaban J connectivity index is 2.43. The topological polar surface area (TPSA) is 186 Å². The summed E-state index contributed by atoms with van der Waals surface area (Å²) < 4.78 is 54.1. The minimum absolute atomic E-state index is 0.127. The van der Waals surface area contributed by atoms with Crippen LogP contribution in [0.1, 0.15) is 200 Å². The molecule has 0 amide bonds. The molecule has 366 valence electrons. The van der Waals surface area contributed by atoms with E-state index in [2.05, 4.69) is 62.5 Å². The maximum Gasteiger partial charge on any atom is 0.306 e. The van der Waals surface area contributed by atoms with Gasteiger partial charge < -0.3 is 34.3 Å². The molecule has 0 aliphatic carbocycles. The van der Waals surface area contributed by atoms with Gasteiger partial charge in [0.1, 0.15) is 36.8 Å². The van der Waals surface area contributed by atoms with Gasteiger partial charge in [-0.1, -0.05) is 178 Å². The maximum absolute atomic E-state index is 12.8. The van der Waals surface area contributed by atoms with E-state index in [1.54, 1.807) is 0 Å². The van der Waals surface area contributed by atoms with Gasteiger partial charge in [0.05, 0.1) is 6.61 Å². The minimum Gasteiger partial charge on any atom is -0.462 e. The molecule has 1 fully saturated rings. The number of hydrogen-bond donors (Lipinski definition) is 4. The lowest BCUT2D eigenvalue weighted by Crippen LogP contribution is -2.60. The molecule has 0 radical (unpaired) electrons. The lowest BCUT2D eigenvalue weighted by Gasteiger charge is -2.40. The number of unbranched alkanes of at least 4 members (excludes halogenated alkanes) is 21. The first-order valence-corrected chi connectivity index (χ1v) is 26.3. The Bertz CT molecular complexity index is 1350. The highest BCUT2D eigenvalue weighted by Crippen LogP contribution is 2.24. The average molecular weight is 913 g/mol.